The van der Waals surface area contributed by atoms with Crippen LogP contribution in [0.4, 0.5) is 16.2 Å². The van der Waals surface area contributed by atoms with Gasteiger partial charge in [0.25, 0.3) is 5.91 Å². The summed E-state index contributed by atoms with van der Waals surface area (Å²) in [5, 5.41) is 8.23. The third-order valence-electron chi connectivity index (χ3n) is 3.82. The number of hydrogen-bond donors (Lipinski definition) is 3. The van der Waals surface area contributed by atoms with Crippen molar-refractivity contribution in [3.05, 3.63) is 54.1 Å². The van der Waals surface area contributed by atoms with Gasteiger partial charge in [0.1, 0.15) is 0 Å². The maximum absolute atomic E-state index is 12.4. The number of rotatable bonds is 5. The largest absolute Gasteiger partial charge is 0.335 e. The quantitative estimate of drug-likeness (QED) is 0.749. The summed E-state index contributed by atoms with van der Waals surface area (Å²) in [5.74, 6) is -0.435. The summed E-state index contributed by atoms with van der Waals surface area (Å²) in [4.78, 5) is 24.2. The van der Waals surface area contributed by atoms with Gasteiger partial charge in [-0.3, -0.25) is 4.79 Å². The molecule has 0 aromatic heterocycles. The maximum Gasteiger partial charge on any atom is 0.319 e. The fourth-order valence-electron chi connectivity index (χ4n) is 2.33. The van der Waals surface area contributed by atoms with Gasteiger partial charge in [0.05, 0.1) is 4.90 Å². The van der Waals surface area contributed by atoms with Crippen LogP contribution in [0.1, 0.15) is 23.2 Å². The molecule has 1 aliphatic rings. The average molecular weight is 373 g/mol. The van der Waals surface area contributed by atoms with Gasteiger partial charge in [0.15, 0.2) is 9.84 Å². The fourth-order valence-corrected chi connectivity index (χ4v) is 2.99. The minimum absolute atomic E-state index is 0.0808. The lowest BCUT2D eigenvalue weighted by Gasteiger charge is -2.10. The van der Waals surface area contributed by atoms with Crippen molar-refractivity contribution in [1.82, 2.24) is 5.32 Å². The highest BCUT2D eigenvalue weighted by Gasteiger charge is 2.23. The normalized spacial score (nSPS) is 13.7. The SMILES string of the molecule is CS(=O)(=O)c1cccc(C(=O)Nc2cccc(NC(=O)NC3CC3)c2)c1. The lowest BCUT2D eigenvalue weighted by atomic mass is 10.2. The van der Waals surface area contributed by atoms with E-state index in [0.717, 1.165) is 19.1 Å². The Labute approximate surface area is 151 Å². The molecule has 136 valence electrons. The molecule has 3 rings (SSSR count). The number of carbonyl (C=O) groups is 2. The van der Waals surface area contributed by atoms with Crippen molar-refractivity contribution in [3.63, 3.8) is 0 Å². The van der Waals surface area contributed by atoms with E-state index in [9.17, 15) is 18.0 Å². The molecular weight excluding hydrogens is 354 g/mol. The molecule has 3 amide bonds. The van der Waals surface area contributed by atoms with E-state index in [1.54, 1.807) is 24.3 Å². The van der Waals surface area contributed by atoms with E-state index in [2.05, 4.69) is 16.0 Å². The monoisotopic (exact) mass is 373 g/mol. The molecular formula is C18H19N3O4S. The van der Waals surface area contributed by atoms with Crippen molar-refractivity contribution in [2.24, 2.45) is 0 Å². The van der Waals surface area contributed by atoms with E-state index >= 15 is 0 Å². The molecule has 0 aliphatic heterocycles. The molecule has 1 saturated carbocycles. The third-order valence-corrected chi connectivity index (χ3v) is 4.93. The number of urea groups is 1. The second kappa shape index (κ2) is 7.17. The van der Waals surface area contributed by atoms with Crippen LogP contribution in [-0.4, -0.2) is 32.7 Å². The van der Waals surface area contributed by atoms with E-state index in [0.29, 0.717) is 11.4 Å². The van der Waals surface area contributed by atoms with Crippen LogP contribution in [0, 0.1) is 0 Å². The zero-order valence-corrected chi connectivity index (χ0v) is 15.0. The number of sulfone groups is 1. The summed E-state index contributed by atoms with van der Waals surface area (Å²) in [6.45, 7) is 0. The van der Waals surface area contributed by atoms with Crippen LogP contribution in [0.15, 0.2) is 53.4 Å². The Morgan fingerprint density at radius 2 is 1.62 bits per heavy atom. The molecule has 2 aromatic rings. The molecule has 1 aliphatic carbocycles. The van der Waals surface area contributed by atoms with Crippen LogP contribution in [0.25, 0.3) is 0 Å². The number of nitrogens with one attached hydrogen (secondary N) is 3. The lowest BCUT2D eigenvalue weighted by Crippen LogP contribution is -2.30. The van der Waals surface area contributed by atoms with E-state index < -0.39 is 15.7 Å². The molecule has 7 nitrogen and oxygen atoms in total. The highest BCUT2D eigenvalue weighted by molar-refractivity contribution is 7.90. The zero-order chi connectivity index (χ0) is 18.7. The van der Waals surface area contributed by atoms with Gasteiger partial charge < -0.3 is 16.0 Å². The van der Waals surface area contributed by atoms with E-state index in [4.69, 9.17) is 0 Å². The van der Waals surface area contributed by atoms with Gasteiger partial charge in [0.2, 0.25) is 0 Å². The Bertz CT molecular complexity index is 952. The first-order valence-corrected chi connectivity index (χ1v) is 9.99. The van der Waals surface area contributed by atoms with Gasteiger partial charge in [-0.15, -0.1) is 0 Å². The molecule has 0 spiro atoms. The van der Waals surface area contributed by atoms with E-state index in [1.807, 2.05) is 0 Å². The Morgan fingerprint density at radius 3 is 2.27 bits per heavy atom. The third kappa shape index (κ3) is 4.82. The first kappa shape index (κ1) is 17.9. The predicted molar refractivity (Wildman–Crippen MR) is 99.1 cm³/mol. The smallest absolute Gasteiger partial charge is 0.319 e. The van der Waals surface area contributed by atoms with Gasteiger partial charge in [0, 0.05) is 29.2 Å². The summed E-state index contributed by atoms with van der Waals surface area (Å²) in [5.41, 5.74) is 1.27. The van der Waals surface area contributed by atoms with Gasteiger partial charge >= 0.3 is 6.03 Å². The second-order valence-electron chi connectivity index (χ2n) is 6.21. The van der Waals surface area contributed by atoms with Crippen LogP contribution in [0.2, 0.25) is 0 Å². The minimum atomic E-state index is -3.39. The van der Waals surface area contributed by atoms with Crippen molar-refractivity contribution < 1.29 is 18.0 Å². The fraction of sp³-hybridized carbons (Fsp3) is 0.222. The summed E-state index contributed by atoms with van der Waals surface area (Å²) < 4.78 is 23.2. The lowest BCUT2D eigenvalue weighted by molar-refractivity contribution is 0.102. The van der Waals surface area contributed by atoms with E-state index in [-0.39, 0.29) is 22.5 Å². The highest BCUT2D eigenvalue weighted by Crippen LogP contribution is 2.20. The van der Waals surface area contributed by atoms with Crippen molar-refractivity contribution in [2.75, 3.05) is 16.9 Å². The molecule has 1 fully saturated rings. The van der Waals surface area contributed by atoms with Crippen LogP contribution in [0.3, 0.4) is 0 Å². The van der Waals surface area contributed by atoms with Crippen LogP contribution >= 0.6 is 0 Å². The van der Waals surface area contributed by atoms with Gasteiger partial charge in [-0.1, -0.05) is 12.1 Å². The van der Waals surface area contributed by atoms with Crippen LogP contribution in [-0.2, 0) is 9.84 Å². The molecule has 0 saturated heterocycles. The predicted octanol–water partition coefficient (Wildman–Crippen LogP) is 2.63. The second-order valence-corrected chi connectivity index (χ2v) is 8.22. The number of anilines is 2. The minimum Gasteiger partial charge on any atom is -0.335 e. The van der Waals surface area contributed by atoms with Crippen LogP contribution < -0.4 is 16.0 Å². The first-order valence-electron chi connectivity index (χ1n) is 8.10. The van der Waals surface area contributed by atoms with Crippen molar-refractivity contribution in [1.29, 1.82) is 0 Å². The maximum atomic E-state index is 12.4. The van der Waals surface area contributed by atoms with Crippen molar-refractivity contribution in [2.45, 2.75) is 23.8 Å². The molecule has 3 N–H and O–H groups in total. The molecule has 0 heterocycles. The van der Waals surface area contributed by atoms with E-state index in [1.165, 1.54) is 24.3 Å². The Balaban J connectivity index is 1.69. The topological polar surface area (TPSA) is 104 Å². The average Bonchev–Trinajstić information content (AvgIpc) is 3.38. The molecule has 0 unspecified atom stereocenters. The summed E-state index contributed by atoms with van der Waals surface area (Å²) in [6, 6.07) is 12.5. The number of benzene rings is 2. The number of hydrogen-bond acceptors (Lipinski definition) is 4. The molecule has 0 bridgehead atoms. The Morgan fingerprint density at radius 1 is 0.962 bits per heavy atom. The number of amides is 3. The Hall–Kier alpha value is -2.87. The van der Waals surface area contributed by atoms with Crippen molar-refractivity contribution in [3.8, 4) is 0 Å². The van der Waals surface area contributed by atoms with Gasteiger partial charge in [-0.25, -0.2) is 13.2 Å². The molecule has 0 radical (unpaired) electrons. The highest BCUT2D eigenvalue weighted by atomic mass is 32.2. The Kier molecular flexibility index (Phi) is 4.94. The molecule has 8 heteroatoms. The molecule has 26 heavy (non-hydrogen) atoms. The van der Waals surface area contributed by atoms with Crippen LogP contribution in [0.5, 0.6) is 0 Å². The van der Waals surface area contributed by atoms with Crippen molar-refractivity contribution >= 4 is 33.2 Å². The molecule has 2 aromatic carbocycles. The number of carbonyl (C=O) groups excluding carboxylic acids is 2. The summed E-state index contributed by atoms with van der Waals surface area (Å²) >= 11 is 0. The summed E-state index contributed by atoms with van der Waals surface area (Å²) in [7, 11) is -3.39. The standard InChI is InChI=1S/C18H19N3O4S/c1-26(24,25)16-7-2-4-12(10-16)17(22)19-14-5-3-6-15(11-14)21-18(23)20-13-8-9-13/h2-7,10-11,13H,8-9H2,1H3,(H,19,22)(H2,20,21,23). The zero-order valence-electron chi connectivity index (χ0n) is 14.2. The van der Waals surface area contributed by atoms with Gasteiger partial charge in [-0.05, 0) is 49.2 Å². The first-order chi connectivity index (χ1) is 12.3. The van der Waals surface area contributed by atoms with Gasteiger partial charge in [-0.2, -0.15) is 0 Å². The summed E-state index contributed by atoms with van der Waals surface area (Å²) in [6.07, 6.45) is 3.08. The molecule has 0 atom stereocenters.